The van der Waals surface area contributed by atoms with E-state index in [1.807, 2.05) is 41.0 Å². The molecule has 1 aromatic heterocycles. The van der Waals surface area contributed by atoms with Gasteiger partial charge in [-0.15, -0.1) is 0 Å². The Hall–Kier alpha value is -2.94. The van der Waals surface area contributed by atoms with E-state index in [1.54, 1.807) is 19.0 Å². The molecule has 2 aliphatic heterocycles. The Balaban J connectivity index is 1.35. The molecule has 0 aliphatic carbocycles. The summed E-state index contributed by atoms with van der Waals surface area (Å²) in [6.45, 7) is 5.93. The van der Waals surface area contributed by atoms with Crippen molar-refractivity contribution in [3.63, 3.8) is 0 Å². The highest BCUT2D eigenvalue weighted by molar-refractivity contribution is 5.76. The van der Waals surface area contributed by atoms with Crippen molar-refractivity contribution in [1.82, 2.24) is 14.9 Å². The molecule has 2 fully saturated rings. The minimum absolute atomic E-state index is 0.0511. The van der Waals surface area contributed by atoms with Crippen LogP contribution in [0.3, 0.4) is 0 Å². The number of hydrogen-bond acceptors (Lipinski definition) is 7. The second-order valence-electron chi connectivity index (χ2n) is 8.88. The maximum atomic E-state index is 14.5. The summed E-state index contributed by atoms with van der Waals surface area (Å²) < 4.78 is 26.1. The number of benzene rings is 1. The molecule has 2 saturated heterocycles. The van der Waals surface area contributed by atoms with E-state index < -0.39 is 5.82 Å². The number of amides is 1. The highest BCUT2D eigenvalue weighted by atomic mass is 19.1. The Morgan fingerprint density at radius 3 is 2.64 bits per heavy atom. The summed E-state index contributed by atoms with van der Waals surface area (Å²) in [6, 6.07) is 7.90. The number of carbonyl (C=O) groups excluding carboxylic acids is 1. The monoisotopic (exact) mass is 457 g/mol. The van der Waals surface area contributed by atoms with E-state index in [9.17, 15) is 9.18 Å². The molecule has 33 heavy (non-hydrogen) atoms. The third-order valence-electron chi connectivity index (χ3n) is 6.18. The number of anilines is 2. The Morgan fingerprint density at radius 2 is 1.94 bits per heavy atom. The molecular formula is C24H32FN5O3. The third kappa shape index (κ3) is 5.71. The van der Waals surface area contributed by atoms with Gasteiger partial charge >= 0.3 is 0 Å². The molecule has 1 amide bonds. The van der Waals surface area contributed by atoms with Crippen LogP contribution in [0, 0.1) is 5.82 Å². The number of ether oxygens (including phenoxy) is 2. The van der Waals surface area contributed by atoms with E-state index in [1.165, 1.54) is 6.20 Å². The summed E-state index contributed by atoms with van der Waals surface area (Å²) in [7, 11) is 3.54. The predicted molar refractivity (Wildman–Crippen MR) is 124 cm³/mol. The largest absolute Gasteiger partial charge is 0.489 e. The van der Waals surface area contributed by atoms with Crippen LogP contribution < -0.4 is 14.5 Å². The lowest BCUT2D eigenvalue weighted by atomic mass is 9.97. The fourth-order valence-corrected chi connectivity index (χ4v) is 4.13. The molecule has 0 N–H and O–H groups in total. The average molecular weight is 458 g/mol. The quantitative estimate of drug-likeness (QED) is 0.633. The van der Waals surface area contributed by atoms with Crippen LogP contribution >= 0.6 is 0 Å². The van der Waals surface area contributed by atoms with Gasteiger partial charge in [-0.3, -0.25) is 4.79 Å². The van der Waals surface area contributed by atoms with E-state index in [2.05, 4.69) is 9.97 Å². The number of aromatic nitrogens is 2. The zero-order valence-electron chi connectivity index (χ0n) is 19.5. The SMILES string of the molecule is C[C@H](CC(=O)N(C)C)c1ccc(O[C@H]2CCN(c3nc(N4CCOCC4)ncc3F)C2)cc1. The molecule has 9 heteroatoms. The normalized spacial score (nSPS) is 19.5. The van der Waals surface area contributed by atoms with Gasteiger partial charge in [0.2, 0.25) is 11.9 Å². The smallest absolute Gasteiger partial charge is 0.227 e. The third-order valence-corrected chi connectivity index (χ3v) is 6.18. The van der Waals surface area contributed by atoms with Crippen molar-refractivity contribution in [3.8, 4) is 5.75 Å². The summed E-state index contributed by atoms with van der Waals surface area (Å²) in [5, 5.41) is 0. The summed E-state index contributed by atoms with van der Waals surface area (Å²) in [6.07, 6.45) is 2.46. The fraction of sp³-hybridized carbons (Fsp3) is 0.542. The molecular weight excluding hydrogens is 425 g/mol. The molecule has 2 atom stereocenters. The Morgan fingerprint density at radius 1 is 1.21 bits per heavy atom. The summed E-state index contributed by atoms with van der Waals surface area (Å²) in [4.78, 5) is 26.2. The second kappa shape index (κ2) is 10.3. The molecule has 8 nitrogen and oxygen atoms in total. The molecule has 178 valence electrons. The van der Waals surface area contributed by atoms with Crippen LogP contribution in [0.1, 0.15) is 31.2 Å². The number of carbonyl (C=O) groups is 1. The van der Waals surface area contributed by atoms with E-state index in [-0.39, 0.29) is 17.9 Å². The minimum Gasteiger partial charge on any atom is -0.489 e. The number of halogens is 1. The van der Waals surface area contributed by atoms with Crippen LogP contribution in [0.4, 0.5) is 16.2 Å². The van der Waals surface area contributed by atoms with E-state index in [0.29, 0.717) is 57.6 Å². The van der Waals surface area contributed by atoms with Crippen LogP contribution in [0.2, 0.25) is 0 Å². The number of rotatable bonds is 7. The Kier molecular flexibility index (Phi) is 7.27. The van der Waals surface area contributed by atoms with E-state index >= 15 is 0 Å². The van der Waals surface area contributed by atoms with Gasteiger partial charge in [0.1, 0.15) is 11.9 Å². The highest BCUT2D eigenvalue weighted by Crippen LogP contribution is 2.27. The molecule has 0 saturated carbocycles. The average Bonchev–Trinajstić information content (AvgIpc) is 3.28. The van der Waals surface area contributed by atoms with Crippen molar-refractivity contribution >= 4 is 17.7 Å². The number of hydrogen-bond donors (Lipinski definition) is 0. The lowest BCUT2D eigenvalue weighted by Gasteiger charge is -2.27. The first-order chi connectivity index (χ1) is 15.9. The second-order valence-corrected chi connectivity index (χ2v) is 8.88. The molecule has 0 radical (unpaired) electrons. The van der Waals surface area contributed by atoms with Crippen molar-refractivity contribution in [1.29, 1.82) is 0 Å². The van der Waals surface area contributed by atoms with E-state index in [0.717, 1.165) is 17.7 Å². The molecule has 1 aromatic carbocycles. The van der Waals surface area contributed by atoms with Crippen LogP contribution in [-0.2, 0) is 9.53 Å². The molecule has 2 aliphatic rings. The van der Waals surface area contributed by atoms with Gasteiger partial charge < -0.3 is 24.2 Å². The van der Waals surface area contributed by atoms with Gasteiger partial charge in [0, 0.05) is 46.6 Å². The molecule has 2 aromatic rings. The van der Waals surface area contributed by atoms with Crippen molar-refractivity contribution in [3.05, 3.63) is 41.8 Å². The maximum Gasteiger partial charge on any atom is 0.227 e. The fourth-order valence-electron chi connectivity index (χ4n) is 4.13. The topological polar surface area (TPSA) is 71.0 Å². The van der Waals surface area contributed by atoms with Gasteiger partial charge in [-0.05, 0) is 23.6 Å². The highest BCUT2D eigenvalue weighted by Gasteiger charge is 2.28. The first-order valence-electron chi connectivity index (χ1n) is 11.5. The number of morpholine rings is 1. The van der Waals surface area contributed by atoms with Crippen molar-refractivity contribution in [2.75, 3.05) is 63.3 Å². The molecule has 0 bridgehead atoms. The standard InChI is InChI=1S/C24H32FN5O3/c1-17(14-22(31)28(2)3)18-4-6-19(7-5-18)33-20-8-9-30(16-20)23-21(25)15-26-24(27-23)29-10-12-32-13-11-29/h4-7,15,17,20H,8-14,16H2,1-3H3/t17-,20+/m1/s1. The van der Waals surface area contributed by atoms with Crippen LogP contribution in [0.25, 0.3) is 0 Å². The van der Waals surface area contributed by atoms with Crippen LogP contribution in [0.15, 0.2) is 30.5 Å². The van der Waals surface area contributed by atoms with Crippen LogP contribution in [0.5, 0.6) is 5.75 Å². The van der Waals surface area contributed by atoms with Gasteiger partial charge in [0.25, 0.3) is 0 Å². The van der Waals surface area contributed by atoms with Gasteiger partial charge in [0.05, 0.1) is 26.0 Å². The zero-order valence-corrected chi connectivity index (χ0v) is 19.5. The minimum atomic E-state index is -0.418. The van der Waals surface area contributed by atoms with Gasteiger partial charge in [-0.25, -0.2) is 9.37 Å². The molecule has 0 spiro atoms. The number of nitrogens with zero attached hydrogens (tertiary/aromatic N) is 5. The summed E-state index contributed by atoms with van der Waals surface area (Å²) in [5.74, 6) is 1.47. The lowest BCUT2D eigenvalue weighted by Crippen LogP contribution is -2.37. The lowest BCUT2D eigenvalue weighted by molar-refractivity contribution is -0.129. The van der Waals surface area contributed by atoms with Crippen LogP contribution in [-0.4, -0.2) is 80.4 Å². The van der Waals surface area contributed by atoms with Gasteiger partial charge in [-0.1, -0.05) is 19.1 Å². The maximum absolute atomic E-state index is 14.5. The summed E-state index contributed by atoms with van der Waals surface area (Å²) >= 11 is 0. The molecule has 3 heterocycles. The van der Waals surface area contributed by atoms with Crippen molar-refractivity contribution in [2.24, 2.45) is 0 Å². The molecule has 4 rings (SSSR count). The van der Waals surface area contributed by atoms with Crippen molar-refractivity contribution in [2.45, 2.75) is 31.8 Å². The first-order valence-corrected chi connectivity index (χ1v) is 11.5. The zero-order chi connectivity index (χ0) is 23.4. The predicted octanol–water partition coefficient (Wildman–Crippen LogP) is 2.69. The molecule has 0 unspecified atom stereocenters. The van der Waals surface area contributed by atoms with Crippen molar-refractivity contribution < 1.29 is 18.7 Å². The Bertz CT molecular complexity index is 950. The van der Waals surface area contributed by atoms with E-state index in [4.69, 9.17) is 9.47 Å². The van der Waals surface area contributed by atoms with Gasteiger partial charge in [-0.2, -0.15) is 4.98 Å². The van der Waals surface area contributed by atoms with Gasteiger partial charge in [0.15, 0.2) is 11.6 Å². The Labute approximate surface area is 194 Å². The summed E-state index contributed by atoms with van der Waals surface area (Å²) in [5.41, 5.74) is 1.10. The first kappa shape index (κ1) is 23.2.